The second kappa shape index (κ2) is 12.9. The first-order valence-corrected chi connectivity index (χ1v) is 19.2. The normalized spacial score (nSPS) is 12.7. The molecule has 264 valence electrons. The molecule has 2 aliphatic carbocycles. The number of benzene rings is 7. The van der Waals surface area contributed by atoms with Crippen molar-refractivity contribution < 1.29 is 0 Å². The van der Waals surface area contributed by atoms with Gasteiger partial charge in [-0.1, -0.05) is 158 Å². The molecule has 2 aromatic heterocycles. The molecule has 0 saturated carbocycles. The molecule has 0 aliphatic heterocycles. The maximum absolute atomic E-state index is 9.36. The zero-order valence-electron chi connectivity index (χ0n) is 30.8. The lowest BCUT2D eigenvalue weighted by Gasteiger charge is -2.30. The molecule has 0 unspecified atom stereocenters. The summed E-state index contributed by atoms with van der Waals surface area (Å²) < 4.78 is 0. The highest BCUT2D eigenvalue weighted by molar-refractivity contribution is 5.96. The van der Waals surface area contributed by atoms with Gasteiger partial charge in [0.05, 0.1) is 34.1 Å². The third kappa shape index (κ3) is 5.03. The molecule has 4 nitrogen and oxygen atoms in total. The van der Waals surface area contributed by atoms with Crippen LogP contribution in [0, 0.1) is 11.3 Å². The Bertz CT molecular complexity index is 3020. The molecule has 1 spiro atoms. The van der Waals surface area contributed by atoms with Crippen molar-refractivity contribution >= 4 is 0 Å². The van der Waals surface area contributed by atoms with Crippen LogP contribution in [0.1, 0.15) is 27.8 Å². The monoisotopic (exact) mass is 724 g/mol. The van der Waals surface area contributed by atoms with Gasteiger partial charge in [0.1, 0.15) is 0 Å². The van der Waals surface area contributed by atoms with Crippen LogP contribution in [0.3, 0.4) is 0 Å². The average Bonchev–Trinajstić information content (AvgIpc) is 3.76. The van der Waals surface area contributed by atoms with Gasteiger partial charge in [-0.25, -0.2) is 9.97 Å². The number of nitriles is 1. The van der Waals surface area contributed by atoms with Crippen LogP contribution >= 0.6 is 0 Å². The maximum atomic E-state index is 9.36. The Kier molecular flexibility index (Phi) is 7.42. The van der Waals surface area contributed by atoms with Gasteiger partial charge in [-0.05, 0) is 80.4 Å². The lowest BCUT2D eigenvalue weighted by Crippen LogP contribution is -2.25. The summed E-state index contributed by atoms with van der Waals surface area (Å²) in [5, 5.41) is 9.36. The van der Waals surface area contributed by atoms with E-state index in [0.717, 1.165) is 50.5 Å². The summed E-state index contributed by atoms with van der Waals surface area (Å²) in [7, 11) is 0. The molecule has 2 heterocycles. The summed E-state index contributed by atoms with van der Waals surface area (Å²) in [4.78, 5) is 15.0. The van der Waals surface area contributed by atoms with Crippen molar-refractivity contribution in [1.29, 1.82) is 5.26 Å². The summed E-state index contributed by atoms with van der Waals surface area (Å²) >= 11 is 0. The number of hydrogen-bond donors (Lipinski definition) is 0. The first-order valence-electron chi connectivity index (χ1n) is 19.2. The Hall–Kier alpha value is -7.74. The number of pyridine rings is 1. The first-order chi connectivity index (χ1) is 28.2. The van der Waals surface area contributed by atoms with Gasteiger partial charge in [0, 0.05) is 34.0 Å². The van der Waals surface area contributed by atoms with Gasteiger partial charge in [0.25, 0.3) is 0 Å². The SMILES string of the molecule is N#Cc1ccc(-c2cc(-c3ccc(-c4cccnc4-c4ccc5c(c4)-c4ccccc4C54c5ccccc5-c5ccccc54)cc3)nc(-c3ccccc3)n2)cc1. The van der Waals surface area contributed by atoms with E-state index in [4.69, 9.17) is 15.0 Å². The molecule has 0 N–H and O–H groups in total. The molecule has 0 bridgehead atoms. The van der Waals surface area contributed by atoms with Gasteiger partial charge < -0.3 is 0 Å². The van der Waals surface area contributed by atoms with E-state index in [1.807, 2.05) is 72.9 Å². The van der Waals surface area contributed by atoms with Gasteiger partial charge >= 0.3 is 0 Å². The van der Waals surface area contributed by atoms with Gasteiger partial charge in [-0.2, -0.15) is 5.26 Å². The Balaban J connectivity index is 1.00. The third-order valence-corrected chi connectivity index (χ3v) is 11.6. The van der Waals surface area contributed by atoms with Gasteiger partial charge in [0.15, 0.2) is 5.82 Å². The molecule has 11 rings (SSSR count). The predicted molar refractivity (Wildman–Crippen MR) is 228 cm³/mol. The van der Waals surface area contributed by atoms with E-state index in [9.17, 15) is 5.26 Å². The second-order valence-corrected chi connectivity index (χ2v) is 14.6. The maximum Gasteiger partial charge on any atom is 0.160 e. The van der Waals surface area contributed by atoms with Crippen LogP contribution < -0.4 is 0 Å². The summed E-state index contributed by atoms with van der Waals surface area (Å²) in [6.07, 6.45) is 1.88. The number of hydrogen-bond acceptors (Lipinski definition) is 4. The average molecular weight is 725 g/mol. The van der Waals surface area contributed by atoms with Crippen molar-refractivity contribution in [2.45, 2.75) is 5.41 Å². The highest BCUT2D eigenvalue weighted by Gasteiger charge is 2.51. The molecule has 0 fully saturated rings. The van der Waals surface area contributed by atoms with Crippen LogP contribution in [-0.4, -0.2) is 15.0 Å². The van der Waals surface area contributed by atoms with Crippen molar-refractivity contribution in [1.82, 2.24) is 15.0 Å². The molecule has 0 saturated heterocycles. The Morgan fingerprint density at radius 3 is 1.49 bits per heavy atom. The zero-order chi connectivity index (χ0) is 37.9. The highest BCUT2D eigenvalue weighted by Crippen LogP contribution is 2.63. The summed E-state index contributed by atoms with van der Waals surface area (Å²) in [6.45, 7) is 0. The van der Waals surface area contributed by atoms with E-state index < -0.39 is 0 Å². The van der Waals surface area contributed by atoms with E-state index >= 15 is 0 Å². The number of aromatic nitrogens is 3. The quantitative estimate of drug-likeness (QED) is 0.177. The molecule has 2 aliphatic rings. The molecule has 0 amide bonds. The fourth-order valence-electron chi connectivity index (χ4n) is 9.11. The lowest BCUT2D eigenvalue weighted by molar-refractivity contribution is 0.794. The van der Waals surface area contributed by atoms with Crippen molar-refractivity contribution in [2.75, 3.05) is 0 Å². The minimum absolute atomic E-state index is 0.373. The lowest BCUT2D eigenvalue weighted by atomic mass is 9.70. The molecule has 4 heteroatoms. The smallest absolute Gasteiger partial charge is 0.160 e. The molecule has 57 heavy (non-hydrogen) atoms. The fourth-order valence-corrected chi connectivity index (χ4v) is 9.11. The Morgan fingerprint density at radius 2 is 0.877 bits per heavy atom. The Morgan fingerprint density at radius 1 is 0.386 bits per heavy atom. The summed E-state index contributed by atoms with van der Waals surface area (Å²) in [5.41, 5.74) is 19.3. The van der Waals surface area contributed by atoms with E-state index in [1.54, 1.807) is 0 Å². The topological polar surface area (TPSA) is 62.5 Å². The van der Waals surface area contributed by atoms with Gasteiger partial charge in [-0.15, -0.1) is 0 Å². The molecular weight excluding hydrogens is 693 g/mol. The first kappa shape index (κ1) is 32.7. The fraction of sp³-hybridized carbons (Fsp3) is 0.0189. The van der Waals surface area contributed by atoms with E-state index in [-0.39, 0.29) is 5.41 Å². The molecule has 7 aromatic carbocycles. The minimum atomic E-state index is -0.373. The largest absolute Gasteiger partial charge is 0.256 e. The summed E-state index contributed by atoms with van der Waals surface area (Å²) in [6, 6.07) is 68.2. The van der Waals surface area contributed by atoms with E-state index in [1.165, 1.54) is 44.5 Å². The number of fused-ring (bicyclic) bond motifs is 10. The van der Waals surface area contributed by atoms with Crippen molar-refractivity contribution in [2.24, 2.45) is 0 Å². The van der Waals surface area contributed by atoms with E-state index in [0.29, 0.717) is 11.4 Å². The van der Waals surface area contributed by atoms with Crippen LogP contribution in [-0.2, 0) is 5.41 Å². The van der Waals surface area contributed by atoms with Crippen LogP contribution in [0.2, 0.25) is 0 Å². The number of rotatable bonds is 5. The van der Waals surface area contributed by atoms with E-state index in [2.05, 4.69) is 127 Å². The molecule has 9 aromatic rings. The van der Waals surface area contributed by atoms with Crippen molar-refractivity contribution in [3.05, 3.63) is 222 Å². The van der Waals surface area contributed by atoms with Crippen molar-refractivity contribution in [3.63, 3.8) is 0 Å². The van der Waals surface area contributed by atoms with Crippen molar-refractivity contribution in [3.8, 4) is 84.6 Å². The van der Waals surface area contributed by atoms with Crippen LogP contribution in [0.25, 0.3) is 78.5 Å². The van der Waals surface area contributed by atoms with Crippen LogP contribution in [0.5, 0.6) is 0 Å². The van der Waals surface area contributed by atoms with Crippen LogP contribution in [0.4, 0.5) is 0 Å². The predicted octanol–water partition coefficient (Wildman–Crippen LogP) is 12.4. The highest BCUT2D eigenvalue weighted by atomic mass is 14.9. The molecular formula is C53H32N4. The van der Waals surface area contributed by atoms with Crippen LogP contribution in [0.15, 0.2) is 194 Å². The molecule has 0 radical (unpaired) electrons. The minimum Gasteiger partial charge on any atom is -0.256 e. The third-order valence-electron chi connectivity index (χ3n) is 11.6. The standard InChI is InChI=1S/C53H32N4/c54-33-34-20-22-36(23-21-34)49-32-50(57-52(56-49)38-11-2-1-3-12-38)37-26-24-35(25-27-37)40-16-10-30-55-51(40)39-28-29-48-44(31-39)43-15-6-9-19-47(43)53(48)45-17-7-4-13-41(45)42-14-5-8-18-46(42)53/h1-32H. The van der Waals surface area contributed by atoms with Gasteiger partial charge in [-0.3, -0.25) is 4.98 Å². The summed E-state index contributed by atoms with van der Waals surface area (Å²) in [5.74, 6) is 0.649. The zero-order valence-corrected chi connectivity index (χ0v) is 30.8. The van der Waals surface area contributed by atoms with Gasteiger partial charge in [0.2, 0.25) is 0 Å². The second-order valence-electron chi connectivity index (χ2n) is 14.6. The Labute approximate surface area is 331 Å². The molecule has 0 atom stereocenters. The number of nitrogens with zero attached hydrogens (tertiary/aromatic N) is 4.